The maximum absolute atomic E-state index is 12.7. The molecule has 2 fully saturated rings. The lowest BCUT2D eigenvalue weighted by molar-refractivity contribution is 0.0306. The fourth-order valence-corrected chi connectivity index (χ4v) is 4.36. The Kier molecular flexibility index (Phi) is 4.14. The van der Waals surface area contributed by atoms with Crippen LogP contribution in [0.15, 0.2) is 18.5 Å². The van der Waals surface area contributed by atoms with Crippen LogP contribution in [0.25, 0.3) is 0 Å². The van der Waals surface area contributed by atoms with Crippen molar-refractivity contribution in [3.05, 3.63) is 27.6 Å². The number of aromatic nitrogens is 1. The van der Waals surface area contributed by atoms with Crippen LogP contribution < -0.4 is 0 Å². The summed E-state index contributed by atoms with van der Waals surface area (Å²) in [6.07, 6.45) is 4.31. The first kappa shape index (κ1) is 15.1. The molecule has 1 aromatic rings. The smallest absolute Gasteiger partial charge is 0.251 e. The summed E-state index contributed by atoms with van der Waals surface area (Å²) < 4.78 is 26.5. The van der Waals surface area contributed by atoms with Gasteiger partial charge in [0.1, 0.15) is 0 Å². The Morgan fingerprint density at radius 2 is 2.05 bits per heavy atom. The van der Waals surface area contributed by atoms with E-state index in [1.165, 1.54) is 0 Å². The normalized spacial score (nSPS) is 32.3. The number of piperidine rings is 1. The molecule has 2 saturated heterocycles. The van der Waals surface area contributed by atoms with Gasteiger partial charge in [-0.3, -0.25) is 9.88 Å². The highest BCUT2D eigenvalue weighted by atomic mass is 127. The Morgan fingerprint density at radius 3 is 2.57 bits per heavy atom. The van der Waals surface area contributed by atoms with Crippen LogP contribution in [0.4, 0.5) is 8.78 Å². The molecule has 0 aliphatic carbocycles. The molecule has 112 valence electrons. The second-order valence-corrected chi connectivity index (χ2v) is 7.21. The van der Waals surface area contributed by atoms with Crippen LogP contribution in [0, 0.1) is 14.9 Å². The van der Waals surface area contributed by atoms with Crippen molar-refractivity contribution in [2.24, 2.45) is 0 Å². The van der Waals surface area contributed by atoms with Crippen molar-refractivity contribution in [3.8, 4) is 6.07 Å². The first-order chi connectivity index (χ1) is 10.0. The highest BCUT2D eigenvalue weighted by molar-refractivity contribution is 14.1. The molecule has 6 heteroatoms. The van der Waals surface area contributed by atoms with E-state index in [0.717, 1.165) is 22.0 Å². The molecule has 1 aromatic heterocycles. The third-order valence-corrected chi connectivity index (χ3v) is 5.35. The highest BCUT2D eigenvalue weighted by Gasteiger charge is 2.50. The maximum Gasteiger partial charge on any atom is 0.251 e. The topological polar surface area (TPSA) is 39.9 Å². The zero-order valence-electron chi connectivity index (χ0n) is 11.5. The van der Waals surface area contributed by atoms with Gasteiger partial charge in [-0.2, -0.15) is 5.26 Å². The van der Waals surface area contributed by atoms with E-state index in [-0.39, 0.29) is 18.6 Å². The number of rotatable bonds is 3. The number of alkyl halides is 2. The molecule has 3 heterocycles. The van der Waals surface area contributed by atoms with E-state index in [0.29, 0.717) is 12.8 Å². The molecule has 0 spiro atoms. The molecule has 2 bridgehead atoms. The Labute approximate surface area is 136 Å². The predicted octanol–water partition coefficient (Wildman–Crippen LogP) is 3.34. The predicted molar refractivity (Wildman–Crippen MR) is 83.0 cm³/mol. The second-order valence-electron chi connectivity index (χ2n) is 5.97. The zero-order chi connectivity index (χ0) is 15.0. The second kappa shape index (κ2) is 5.76. The summed E-state index contributed by atoms with van der Waals surface area (Å²) in [5.41, 5.74) is 0.365. The molecule has 0 radical (unpaired) electrons. The third kappa shape index (κ3) is 2.78. The summed E-state index contributed by atoms with van der Waals surface area (Å²) in [5, 5.41) is 9.77. The number of hydrogen-bond acceptors (Lipinski definition) is 3. The third-order valence-electron chi connectivity index (χ3n) is 4.76. The van der Waals surface area contributed by atoms with Crippen LogP contribution in [0.3, 0.4) is 0 Å². The number of pyridine rings is 1. The summed E-state index contributed by atoms with van der Waals surface area (Å²) >= 11 is 2.19. The number of fused-ring (bicyclic) bond motifs is 2. The summed E-state index contributed by atoms with van der Waals surface area (Å²) in [6.45, 7) is -0.165. The van der Waals surface area contributed by atoms with Crippen molar-refractivity contribution in [2.75, 3.05) is 6.54 Å². The molecule has 0 aromatic carbocycles. The van der Waals surface area contributed by atoms with Crippen molar-refractivity contribution in [2.45, 2.75) is 49.6 Å². The van der Waals surface area contributed by atoms with Gasteiger partial charge in [0.15, 0.2) is 0 Å². The molecule has 3 nitrogen and oxygen atoms in total. The van der Waals surface area contributed by atoms with Gasteiger partial charge in [-0.15, -0.1) is 0 Å². The molecule has 0 unspecified atom stereocenters. The van der Waals surface area contributed by atoms with Gasteiger partial charge in [-0.1, -0.05) is 0 Å². The van der Waals surface area contributed by atoms with Gasteiger partial charge in [0, 0.05) is 28.0 Å². The lowest BCUT2D eigenvalue weighted by atomic mass is 9.71. The van der Waals surface area contributed by atoms with Crippen molar-refractivity contribution < 1.29 is 8.78 Å². The van der Waals surface area contributed by atoms with Crippen LogP contribution in [-0.2, 0) is 5.41 Å². The van der Waals surface area contributed by atoms with Crippen LogP contribution in [0.5, 0.6) is 0 Å². The van der Waals surface area contributed by atoms with E-state index in [1.807, 2.05) is 11.0 Å². The average molecular weight is 403 g/mol. The highest BCUT2D eigenvalue weighted by Crippen LogP contribution is 2.47. The Bertz CT molecular complexity index is 558. The largest absolute Gasteiger partial charge is 0.292 e. The number of halogens is 3. The van der Waals surface area contributed by atoms with E-state index < -0.39 is 11.8 Å². The molecule has 2 aliphatic rings. The molecule has 3 rings (SSSR count). The molecular weight excluding hydrogens is 387 g/mol. The Hall–Kier alpha value is -0.810. The molecule has 3 atom stereocenters. The first-order valence-electron chi connectivity index (χ1n) is 7.10. The average Bonchev–Trinajstić information content (AvgIpc) is 2.70. The lowest BCUT2D eigenvalue weighted by Crippen LogP contribution is -2.50. The van der Waals surface area contributed by atoms with Crippen LogP contribution in [0.1, 0.15) is 31.2 Å². The summed E-state index contributed by atoms with van der Waals surface area (Å²) in [6, 6.07) is 4.66. The molecule has 0 N–H and O–H groups in total. The van der Waals surface area contributed by atoms with Gasteiger partial charge in [0.2, 0.25) is 0 Å². The monoisotopic (exact) mass is 403 g/mol. The van der Waals surface area contributed by atoms with Gasteiger partial charge in [0.25, 0.3) is 6.43 Å². The molecule has 0 saturated carbocycles. The van der Waals surface area contributed by atoms with Gasteiger partial charge in [-0.25, -0.2) is 8.78 Å². The summed E-state index contributed by atoms with van der Waals surface area (Å²) in [5.74, 6) is 0. The summed E-state index contributed by atoms with van der Waals surface area (Å²) in [4.78, 5) is 6.12. The van der Waals surface area contributed by atoms with E-state index in [4.69, 9.17) is 0 Å². The van der Waals surface area contributed by atoms with Gasteiger partial charge < -0.3 is 0 Å². The van der Waals surface area contributed by atoms with E-state index in [1.54, 1.807) is 12.4 Å². The lowest BCUT2D eigenvalue weighted by Gasteiger charge is -2.43. The van der Waals surface area contributed by atoms with E-state index in [2.05, 4.69) is 33.6 Å². The van der Waals surface area contributed by atoms with Crippen LogP contribution in [-0.4, -0.2) is 34.9 Å². The number of nitrogens with zero attached hydrogens (tertiary/aromatic N) is 3. The van der Waals surface area contributed by atoms with E-state index in [9.17, 15) is 14.0 Å². The molecule has 2 aliphatic heterocycles. The van der Waals surface area contributed by atoms with E-state index >= 15 is 0 Å². The standard InChI is InChI=1S/C15H16F2IN3/c16-14(17)8-21-12-1-2-13(21)5-15(4-12,9-19)10-3-11(18)7-20-6-10/h3,6-7,12-14H,1-2,4-5,8H2/t12-,13+,15-. The Morgan fingerprint density at radius 1 is 1.38 bits per heavy atom. The first-order valence-corrected chi connectivity index (χ1v) is 8.18. The minimum Gasteiger partial charge on any atom is -0.292 e. The molecule has 21 heavy (non-hydrogen) atoms. The van der Waals surface area contributed by atoms with Crippen molar-refractivity contribution in [3.63, 3.8) is 0 Å². The quantitative estimate of drug-likeness (QED) is 0.727. The SMILES string of the molecule is N#C[C@@]1(c2cncc(I)c2)C[C@H]2CC[C@@H](C1)N2CC(F)F. The van der Waals surface area contributed by atoms with Crippen LogP contribution in [0.2, 0.25) is 0 Å². The zero-order valence-corrected chi connectivity index (χ0v) is 13.6. The van der Waals surface area contributed by atoms with Crippen LogP contribution >= 0.6 is 22.6 Å². The van der Waals surface area contributed by atoms with Crippen molar-refractivity contribution >= 4 is 22.6 Å². The number of hydrogen-bond donors (Lipinski definition) is 0. The summed E-state index contributed by atoms with van der Waals surface area (Å²) in [7, 11) is 0. The number of nitriles is 1. The fourth-order valence-electron chi connectivity index (χ4n) is 3.86. The maximum atomic E-state index is 12.7. The van der Waals surface area contributed by atoms with Gasteiger partial charge in [-0.05, 0) is 59.9 Å². The van der Waals surface area contributed by atoms with Crippen molar-refractivity contribution in [1.29, 1.82) is 5.26 Å². The minimum absolute atomic E-state index is 0.0928. The van der Waals surface area contributed by atoms with Gasteiger partial charge in [0.05, 0.1) is 18.0 Å². The van der Waals surface area contributed by atoms with Crippen molar-refractivity contribution in [1.82, 2.24) is 9.88 Å². The Balaban J connectivity index is 1.89. The fraction of sp³-hybridized carbons (Fsp3) is 0.600. The molecule has 0 amide bonds. The minimum atomic E-state index is -2.30. The van der Waals surface area contributed by atoms with Gasteiger partial charge >= 0.3 is 0 Å². The molecular formula is C15H16F2IN3.